The normalized spacial score (nSPS) is 26.3. The second-order valence-corrected chi connectivity index (χ2v) is 7.60. The van der Waals surface area contributed by atoms with Crippen molar-refractivity contribution in [3.63, 3.8) is 0 Å². The fourth-order valence-electron chi connectivity index (χ4n) is 4.23. The molecule has 138 valence electrons. The van der Waals surface area contributed by atoms with Gasteiger partial charge in [-0.1, -0.05) is 6.07 Å². The Bertz CT molecular complexity index is 740. The van der Waals surface area contributed by atoms with E-state index in [9.17, 15) is 0 Å². The Morgan fingerprint density at radius 2 is 2.12 bits per heavy atom. The summed E-state index contributed by atoms with van der Waals surface area (Å²) in [6, 6.07) is 8.44. The quantitative estimate of drug-likeness (QED) is 0.842. The lowest BCUT2D eigenvalue weighted by atomic mass is 9.88. The molecule has 2 aromatic rings. The highest BCUT2D eigenvalue weighted by Gasteiger charge is 2.44. The van der Waals surface area contributed by atoms with Crippen LogP contribution in [0.15, 0.2) is 36.7 Å². The molecule has 4 heterocycles. The molecule has 2 fully saturated rings. The number of hydrogen-bond acceptors (Lipinski definition) is 6. The van der Waals surface area contributed by atoms with E-state index < -0.39 is 0 Å². The van der Waals surface area contributed by atoms with Crippen LogP contribution in [0.2, 0.25) is 0 Å². The van der Waals surface area contributed by atoms with E-state index >= 15 is 0 Å². The third-order valence-corrected chi connectivity index (χ3v) is 5.55. The lowest BCUT2D eigenvalue weighted by molar-refractivity contribution is -0.0535. The van der Waals surface area contributed by atoms with E-state index in [1.807, 2.05) is 19.1 Å². The maximum absolute atomic E-state index is 6.37. The van der Waals surface area contributed by atoms with Crippen LogP contribution in [0.1, 0.15) is 30.7 Å². The number of pyridine rings is 1. The van der Waals surface area contributed by atoms with Crippen LogP contribution in [-0.4, -0.2) is 58.2 Å². The molecule has 2 atom stereocenters. The average Bonchev–Trinajstić information content (AvgIpc) is 3.05. The fourth-order valence-corrected chi connectivity index (χ4v) is 4.23. The van der Waals surface area contributed by atoms with Crippen molar-refractivity contribution in [1.29, 1.82) is 0 Å². The van der Waals surface area contributed by atoms with Crippen molar-refractivity contribution in [3.8, 4) is 0 Å². The van der Waals surface area contributed by atoms with Gasteiger partial charge >= 0.3 is 0 Å². The molecule has 0 amide bonds. The highest BCUT2D eigenvalue weighted by molar-refractivity contribution is 5.30. The molecule has 1 spiro atoms. The second kappa shape index (κ2) is 7.29. The van der Waals surface area contributed by atoms with Crippen molar-refractivity contribution in [2.24, 2.45) is 0 Å². The Kier molecular flexibility index (Phi) is 4.87. The minimum Gasteiger partial charge on any atom is -0.371 e. The molecule has 0 saturated carbocycles. The minimum absolute atomic E-state index is 0.0459. The van der Waals surface area contributed by atoms with E-state index in [-0.39, 0.29) is 5.60 Å². The fraction of sp³-hybridized carbons (Fsp3) is 0.550. The van der Waals surface area contributed by atoms with Crippen LogP contribution in [0, 0.1) is 6.92 Å². The van der Waals surface area contributed by atoms with Gasteiger partial charge in [0, 0.05) is 44.6 Å². The van der Waals surface area contributed by atoms with Crippen molar-refractivity contribution in [2.45, 2.75) is 44.4 Å². The third-order valence-electron chi connectivity index (χ3n) is 5.55. The van der Waals surface area contributed by atoms with Crippen LogP contribution >= 0.6 is 0 Å². The molecule has 0 N–H and O–H groups in total. The Morgan fingerprint density at radius 3 is 2.92 bits per heavy atom. The molecule has 2 aliphatic heterocycles. The van der Waals surface area contributed by atoms with E-state index in [1.54, 1.807) is 12.4 Å². The zero-order valence-electron chi connectivity index (χ0n) is 15.6. The van der Waals surface area contributed by atoms with E-state index in [0.29, 0.717) is 6.04 Å². The summed E-state index contributed by atoms with van der Waals surface area (Å²) in [5, 5.41) is 0. The number of nitrogens with zero attached hydrogens (tertiary/aromatic N) is 5. The van der Waals surface area contributed by atoms with Gasteiger partial charge in [-0.05, 0) is 44.5 Å². The predicted molar refractivity (Wildman–Crippen MR) is 101 cm³/mol. The maximum atomic E-state index is 6.37. The van der Waals surface area contributed by atoms with Gasteiger partial charge in [0.1, 0.15) is 0 Å². The largest absolute Gasteiger partial charge is 0.371 e. The van der Waals surface area contributed by atoms with E-state index in [4.69, 9.17) is 4.74 Å². The SMILES string of the molecule is Cc1cccc(CN2CCC[C@@]3(C[C@H](N(C)c4ncccn4)CO3)C2)n1. The number of ether oxygens (including phenoxy) is 1. The lowest BCUT2D eigenvalue weighted by Gasteiger charge is -2.40. The van der Waals surface area contributed by atoms with E-state index in [1.165, 1.54) is 6.42 Å². The Labute approximate surface area is 155 Å². The Hall–Kier alpha value is -2.05. The molecule has 0 aromatic carbocycles. The number of hydrogen-bond donors (Lipinski definition) is 0. The van der Waals surface area contributed by atoms with Crippen LogP contribution in [0.4, 0.5) is 5.95 Å². The minimum atomic E-state index is -0.0459. The topological polar surface area (TPSA) is 54.4 Å². The first-order valence-electron chi connectivity index (χ1n) is 9.42. The first kappa shape index (κ1) is 17.4. The van der Waals surface area contributed by atoms with Crippen molar-refractivity contribution >= 4 is 5.95 Å². The average molecular weight is 353 g/mol. The summed E-state index contributed by atoms with van der Waals surface area (Å²) in [4.78, 5) is 18.1. The zero-order chi connectivity index (χ0) is 18.0. The van der Waals surface area contributed by atoms with Crippen LogP contribution in [0.3, 0.4) is 0 Å². The number of rotatable bonds is 4. The van der Waals surface area contributed by atoms with Crippen molar-refractivity contribution < 1.29 is 4.74 Å². The number of likely N-dealkylation sites (tertiary alicyclic amines) is 1. The van der Waals surface area contributed by atoms with Gasteiger partial charge in [-0.25, -0.2) is 9.97 Å². The van der Waals surface area contributed by atoms with Crippen molar-refractivity contribution in [3.05, 3.63) is 48.0 Å². The highest BCUT2D eigenvalue weighted by Crippen LogP contribution is 2.37. The molecule has 2 aliphatic rings. The maximum Gasteiger partial charge on any atom is 0.225 e. The molecular formula is C20H27N5O. The van der Waals surface area contributed by atoms with Gasteiger partial charge in [0.2, 0.25) is 5.95 Å². The van der Waals surface area contributed by atoms with Gasteiger partial charge < -0.3 is 9.64 Å². The van der Waals surface area contributed by atoms with Gasteiger partial charge in [0.15, 0.2) is 0 Å². The van der Waals surface area contributed by atoms with Crippen LogP contribution in [-0.2, 0) is 11.3 Å². The smallest absolute Gasteiger partial charge is 0.225 e. The van der Waals surface area contributed by atoms with E-state index in [0.717, 1.165) is 56.4 Å². The number of anilines is 1. The molecule has 0 aliphatic carbocycles. The molecule has 6 nitrogen and oxygen atoms in total. The van der Waals surface area contributed by atoms with Crippen LogP contribution in [0.25, 0.3) is 0 Å². The molecule has 0 unspecified atom stereocenters. The molecular weight excluding hydrogens is 326 g/mol. The summed E-state index contributed by atoms with van der Waals surface area (Å²) in [5.41, 5.74) is 2.18. The zero-order valence-corrected chi connectivity index (χ0v) is 15.6. The number of likely N-dealkylation sites (N-methyl/N-ethyl adjacent to an activating group) is 1. The first-order valence-corrected chi connectivity index (χ1v) is 9.42. The summed E-state index contributed by atoms with van der Waals surface area (Å²) < 4.78 is 6.37. The Balaban J connectivity index is 1.41. The van der Waals surface area contributed by atoms with E-state index in [2.05, 4.69) is 43.9 Å². The molecule has 26 heavy (non-hydrogen) atoms. The number of piperidine rings is 1. The summed E-state index contributed by atoms with van der Waals surface area (Å²) in [6.45, 7) is 5.78. The van der Waals surface area contributed by atoms with Gasteiger partial charge in [0.25, 0.3) is 0 Å². The molecule has 2 aromatic heterocycles. The predicted octanol–water partition coefficient (Wildman–Crippen LogP) is 2.44. The van der Waals surface area contributed by atoms with Crippen molar-refractivity contribution in [2.75, 3.05) is 31.6 Å². The van der Waals surface area contributed by atoms with Gasteiger partial charge in [-0.2, -0.15) is 0 Å². The number of aromatic nitrogens is 3. The summed E-state index contributed by atoms with van der Waals surface area (Å²) >= 11 is 0. The monoisotopic (exact) mass is 353 g/mol. The van der Waals surface area contributed by atoms with Crippen LogP contribution < -0.4 is 4.90 Å². The van der Waals surface area contributed by atoms with Crippen LogP contribution in [0.5, 0.6) is 0 Å². The number of aryl methyl sites for hydroxylation is 1. The summed E-state index contributed by atoms with van der Waals surface area (Å²) in [5.74, 6) is 0.773. The third kappa shape index (κ3) is 3.71. The molecule has 6 heteroatoms. The highest BCUT2D eigenvalue weighted by atomic mass is 16.5. The standard InChI is InChI=1S/C20H27N5O/c1-16-6-3-7-17(23-16)13-25-11-4-8-20(15-25)12-18(14-26-20)24(2)19-21-9-5-10-22-19/h3,5-7,9-10,18H,4,8,11-15H2,1-2H3/t18-,20+/m0/s1. The molecule has 2 saturated heterocycles. The molecule has 0 bridgehead atoms. The molecule has 0 radical (unpaired) electrons. The summed E-state index contributed by atoms with van der Waals surface area (Å²) in [7, 11) is 2.07. The molecule has 4 rings (SSSR count). The summed E-state index contributed by atoms with van der Waals surface area (Å²) in [6.07, 6.45) is 6.91. The van der Waals surface area contributed by atoms with Crippen molar-refractivity contribution in [1.82, 2.24) is 19.9 Å². The van der Waals surface area contributed by atoms with Gasteiger partial charge in [-0.15, -0.1) is 0 Å². The lowest BCUT2D eigenvalue weighted by Crippen LogP contribution is -2.48. The van der Waals surface area contributed by atoms with Gasteiger partial charge in [0.05, 0.1) is 23.9 Å². The first-order chi connectivity index (χ1) is 12.6. The second-order valence-electron chi connectivity index (χ2n) is 7.60. The van der Waals surface area contributed by atoms with Gasteiger partial charge in [-0.3, -0.25) is 9.88 Å². The Morgan fingerprint density at radius 1 is 1.27 bits per heavy atom.